The second-order valence-electron chi connectivity index (χ2n) is 4.55. The first-order valence-electron chi connectivity index (χ1n) is 6.11. The maximum Gasteiger partial charge on any atom is 0.325 e. The van der Waals surface area contributed by atoms with Gasteiger partial charge in [0.2, 0.25) is 5.91 Å². The van der Waals surface area contributed by atoms with Crippen molar-refractivity contribution in [1.82, 2.24) is 5.32 Å². The van der Waals surface area contributed by atoms with Crippen LogP contribution >= 0.6 is 0 Å². The quantitative estimate of drug-likeness (QED) is 0.820. The van der Waals surface area contributed by atoms with Crippen LogP contribution in [0.5, 0.6) is 5.75 Å². The van der Waals surface area contributed by atoms with Crippen LogP contribution in [-0.4, -0.2) is 29.6 Å². The summed E-state index contributed by atoms with van der Waals surface area (Å²) in [5.74, 6) is -0.667. The molecular formula is C14H19NO4. The highest BCUT2D eigenvalue weighted by Crippen LogP contribution is 2.16. The molecule has 19 heavy (non-hydrogen) atoms. The predicted molar refractivity (Wildman–Crippen MR) is 71.3 cm³/mol. The molecule has 0 radical (unpaired) electrons. The van der Waals surface area contributed by atoms with Crippen LogP contribution in [0.2, 0.25) is 0 Å². The molecule has 2 N–H and O–H groups in total. The van der Waals surface area contributed by atoms with Crippen LogP contribution in [0.3, 0.4) is 0 Å². The summed E-state index contributed by atoms with van der Waals surface area (Å²) in [6, 6.07) is 4.94. The van der Waals surface area contributed by atoms with Gasteiger partial charge in [-0.15, -0.1) is 0 Å². The molecule has 0 aliphatic heterocycles. The minimum atomic E-state index is -1.05. The number of benzene rings is 1. The van der Waals surface area contributed by atoms with E-state index < -0.39 is 12.0 Å². The van der Waals surface area contributed by atoms with Crippen LogP contribution < -0.4 is 10.1 Å². The number of nitrogens with one attached hydrogen (secondary N) is 1. The van der Waals surface area contributed by atoms with Crippen LogP contribution in [0.15, 0.2) is 18.2 Å². The molecule has 5 nitrogen and oxygen atoms in total. The summed E-state index contributed by atoms with van der Waals surface area (Å²) in [7, 11) is 0. The third-order valence-electron chi connectivity index (χ3n) is 2.54. The molecule has 5 heteroatoms. The van der Waals surface area contributed by atoms with E-state index in [4.69, 9.17) is 9.84 Å². The van der Waals surface area contributed by atoms with E-state index in [1.807, 2.05) is 32.0 Å². The highest BCUT2D eigenvalue weighted by molar-refractivity contribution is 5.83. The fourth-order valence-corrected chi connectivity index (χ4v) is 1.65. The Kier molecular flexibility index (Phi) is 5.36. The first-order chi connectivity index (χ1) is 8.88. The Hall–Kier alpha value is -2.04. The van der Waals surface area contributed by atoms with Crippen molar-refractivity contribution in [2.45, 2.75) is 33.2 Å². The predicted octanol–water partition coefficient (Wildman–Crippen LogP) is 1.66. The second-order valence-corrected chi connectivity index (χ2v) is 4.55. The van der Waals surface area contributed by atoms with Gasteiger partial charge in [0, 0.05) is 0 Å². The van der Waals surface area contributed by atoms with Gasteiger partial charge in [0.1, 0.15) is 11.8 Å². The van der Waals surface area contributed by atoms with Crippen molar-refractivity contribution in [3.05, 3.63) is 29.3 Å². The summed E-state index contributed by atoms with van der Waals surface area (Å²) in [5, 5.41) is 11.0. The minimum Gasteiger partial charge on any atom is -0.493 e. The Morgan fingerprint density at radius 1 is 1.26 bits per heavy atom. The van der Waals surface area contributed by atoms with Gasteiger partial charge in [0.05, 0.1) is 13.0 Å². The smallest absolute Gasteiger partial charge is 0.325 e. The van der Waals surface area contributed by atoms with E-state index in [9.17, 15) is 9.59 Å². The van der Waals surface area contributed by atoms with Gasteiger partial charge in [0.15, 0.2) is 0 Å². The summed E-state index contributed by atoms with van der Waals surface area (Å²) in [6.07, 6.45) is 0.130. The van der Waals surface area contributed by atoms with Crippen molar-refractivity contribution >= 4 is 11.9 Å². The molecule has 0 unspecified atom stereocenters. The topological polar surface area (TPSA) is 75.6 Å². The Morgan fingerprint density at radius 2 is 1.84 bits per heavy atom. The summed E-state index contributed by atoms with van der Waals surface area (Å²) in [6.45, 7) is 5.59. The number of hydrogen-bond donors (Lipinski definition) is 2. The van der Waals surface area contributed by atoms with E-state index in [2.05, 4.69) is 5.32 Å². The molecule has 0 saturated heterocycles. The lowest BCUT2D eigenvalue weighted by Gasteiger charge is -2.10. The van der Waals surface area contributed by atoms with Crippen molar-refractivity contribution in [3.63, 3.8) is 0 Å². The molecule has 1 atom stereocenters. The Morgan fingerprint density at radius 3 is 2.37 bits per heavy atom. The van der Waals surface area contributed by atoms with Gasteiger partial charge in [-0.1, -0.05) is 6.07 Å². The van der Waals surface area contributed by atoms with E-state index >= 15 is 0 Å². The normalized spacial score (nSPS) is 11.7. The summed E-state index contributed by atoms with van der Waals surface area (Å²) < 4.78 is 5.47. The molecule has 0 saturated carbocycles. The number of rotatable bonds is 6. The maximum atomic E-state index is 11.4. The number of carbonyl (C=O) groups is 2. The molecule has 0 bridgehead atoms. The first kappa shape index (κ1) is 15.0. The van der Waals surface area contributed by atoms with Crippen molar-refractivity contribution in [3.8, 4) is 5.75 Å². The van der Waals surface area contributed by atoms with Crippen molar-refractivity contribution in [2.75, 3.05) is 6.61 Å². The van der Waals surface area contributed by atoms with Crippen molar-refractivity contribution in [2.24, 2.45) is 0 Å². The van der Waals surface area contributed by atoms with E-state index in [1.165, 1.54) is 6.92 Å². The zero-order valence-corrected chi connectivity index (χ0v) is 11.4. The van der Waals surface area contributed by atoms with Crippen LogP contribution in [0.4, 0.5) is 0 Å². The molecule has 0 fully saturated rings. The zero-order chi connectivity index (χ0) is 14.4. The highest BCUT2D eigenvalue weighted by Gasteiger charge is 2.13. The van der Waals surface area contributed by atoms with Gasteiger partial charge >= 0.3 is 5.97 Å². The molecule has 0 aromatic heterocycles. The number of carboxylic acids is 1. The first-order valence-corrected chi connectivity index (χ1v) is 6.11. The lowest BCUT2D eigenvalue weighted by atomic mass is 10.1. The van der Waals surface area contributed by atoms with E-state index in [0.717, 1.165) is 16.9 Å². The number of ether oxygens (including phenoxy) is 1. The van der Waals surface area contributed by atoms with E-state index in [0.29, 0.717) is 0 Å². The second kappa shape index (κ2) is 6.78. The molecule has 0 heterocycles. The number of aryl methyl sites for hydroxylation is 2. The molecule has 0 spiro atoms. The molecule has 0 aliphatic rings. The number of carboxylic acid groups (broad SMARTS) is 1. The Bertz CT molecular complexity index is 450. The maximum absolute atomic E-state index is 11.4. The molecule has 1 rings (SSSR count). The number of hydrogen-bond acceptors (Lipinski definition) is 3. The molecule has 0 aliphatic carbocycles. The van der Waals surface area contributed by atoms with Crippen molar-refractivity contribution < 1.29 is 19.4 Å². The van der Waals surface area contributed by atoms with Gasteiger partial charge in [-0.25, -0.2) is 0 Å². The molecule has 1 aromatic carbocycles. The number of carbonyl (C=O) groups excluding carboxylic acids is 1. The van der Waals surface area contributed by atoms with Gasteiger partial charge in [-0.2, -0.15) is 0 Å². The molecule has 104 valence electrons. The third kappa shape index (κ3) is 5.42. The van der Waals surface area contributed by atoms with Crippen molar-refractivity contribution in [1.29, 1.82) is 0 Å². The molecule has 1 aromatic rings. The highest BCUT2D eigenvalue weighted by atomic mass is 16.5. The minimum absolute atomic E-state index is 0.130. The van der Waals surface area contributed by atoms with Crippen LogP contribution in [0.1, 0.15) is 24.5 Å². The van der Waals surface area contributed by atoms with Crippen LogP contribution in [-0.2, 0) is 9.59 Å². The average Bonchev–Trinajstić information content (AvgIpc) is 2.27. The van der Waals surface area contributed by atoms with E-state index in [-0.39, 0.29) is 18.9 Å². The number of amides is 1. The van der Waals surface area contributed by atoms with Gasteiger partial charge in [0.25, 0.3) is 0 Å². The zero-order valence-electron chi connectivity index (χ0n) is 11.4. The third-order valence-corrected chi connectivity index (χ3v) is 2.54. The van der Waals surface area contributed by atoms with Gasteiger partial charge in [-0.3, -0.25) is 9.59 Å². The molecule has 1 amide bonds. The molecular weight excluding hydrogens is 246 g/mol. The van der Waals surface area contributed by atoms with E-state index in [1.54, 1.807) is 0 Å². The Balaban J connectivity index is 2.37. The average molecular weight is 265 g/mol. The number of aliphatic carboxylic acids is 1. The fraction of sp³-hybridized carbons (Fsp3) is 0.429. The van der Waals surface area contributed by atoms with Crippen LogP contribution in [0.25, 0.3) is 0 Å². The lowest BCUT2D eigenvalue weighted by Crippen LogP contribution is -2.38. The van der Waals surface area contributed by atoms with Crippen LogP contribution in [0, 0.1) is 13.8 Å². The summed E-state index contributed by atoms with van der Waals surface area (Å²) in [5.41, 5.74) is 2.19. The standard InChI is InChI=1S/C14H19NO4/c1-9-6-10(2)8-12(7-9)19-5-4-13(16)15-11(3)14(17)18/h6-8,11H,4-5H2,1-3H3,(H,15,16)(H,17,18)/t11-/m0/s1. The monoisotopic (exact) mass is 265 g/mol. The largest absolute Gasteiger partial charge is 0.493 e. The fourth-order valence-electron chi connectivity index (χ4n) is 1.65. The van der Waals surface area contributed by atoms with Gasteiger partial charge in [-0.05, 0) is 44.0 Å². The SMILES string of the molecule is Cc1cc(C)cc(OCCC(=O)N[C@@H](C)C(=O)O)c1. The summed E-state index contributed by atoms with van der Waals surface area (Å²) in [4.78, 5) is 22.0. The lowest BCUT2D eigenvalue weighted by molar-refractivity contribution is -0.141. The Labute approximate surface area is 112 Å². The van der Waals surface area contributed by atoms with Gasteiger partial charge < -0.3 is 15.2 Å². The summed E-state index contributed by atoms with van der Waals surface area (Å²) >= 11 is 0.